The smallest absolute Gasteiger partial charge is 0.462 e. The number of ether oxygens (including phenoxy) is 2. The van der Waals surface area contributed by atoms with E-state index in [0.29, 0.717) is 19.3 Å². The van der Waals surface area contributed by atoms with Gasteiger partial charge >= 0.3 is 19.8 Å². The summed E-state index contributed by atoms with van der Waals surface area (Å²) in [5.74, 6) is -0.0724. The summed E-state index contributed by atoms with van der Waals surface area (Å²) >= 11 is 0. The lowest BCUT2D eigenvalue weighted by molar-refractivity contribution is -0.161. The molecule has 0 spiro atoms. The van der Waals surface area contributed by atoms with Crippen LogP contribution >= 0.6 is 7.82 Å². The summed E-state index contributed by atoms with van der Waals surface area (Å²) in [5, 5.41) is 9.80. The molecule has 0 aromatic carbocycles. The van der Waals surface area contributed by atoms with Crippen molar-refractivity contribution in [2.45, 2.75) is 226 Å². The minimum Gasteiger partial charge on any atom is -0.462 e. The van der Waals surface area contributed by atoms with Crippen molar-refractivity contribution in [2.24, 2.45) is 5.92 Å². The molecule has 0 saturated heterocycles. The van der Waals surface area contributed by atoms with E-state index in [2.05, 4.69) is 49.6 Å². The van der Waals surface area contributed by atoms with Crippen molar-refractivity contribution < 1.29 is 43.0 Å². The first-order valence-electron chi connectivity index (χ1n) is 23.4. The van der Waals surface area contributed by atoms with Crippen molar-refractivity contribution >= 4 is 19.8 Å². The molecule has 0 aliphatic rings. The summed E-state index contributed by atoms with van der Waals surface area (Å²) in [6.07, 6.45) is 47.5. The Morgan fingerprint density at radius 1 is 0.569 bits per heavy atom. The Morgan fingerprint density at radius 2 is 1.03 bits per heavy atom. The lowest BCUT2D eigenvalue weighted by Crippen LogP contribution is -2.29. The van der Waals surface area contributed by atoms with Crippen molar-refractivity contribution in [1.29, 1.82) is 0 Å². The van der Waals surface area contributed by atoms with Gasteiger partial charge in [0.25, 0.3) is 0 Å². The highest BCUT2D eigenvalue weighted by molar-refractivity contribution is 7.46. The van der Waals surface area contributed by atoms with Crippen molar-refractivity contribution in [3.05, 3.63) is 48.6 Å². The average molecular weight is 839 g/mol. The first-order valence-corrected chi connectivity index (χ1v) is 24.9. The number of rotatable bonds is 42. The molecule has 0 aliphatic heterocycles. The van der Waals surface area contributed by atoms with Crippen molar-refractivity contribution in [1.82, 2.24) is 0 Å². The molecule has 0 saturated carbocycles. The summed E-state index contributed by atoms with van der Waals surface area (Å²) in [4.78, 5) is 42.9. The molecule has 3 atom stereocenters. The minimum absolute atomic E-state index is 0.175. The van der Waals surface area contributed by atoms with Gasteiger partial charge in [0.1, 0.15) is 6.61 Å². The van der Waals surface area contributed by atoms with Crippen LogP contribution in [0.25, 0.3) is 0 Å². The monoisotopic (exact) mass is 839 g/mol. The molecular weight excluding hydrogens is 751 g/mol. The Kier molecular flexibility index (Phi) is 40.2. The second kappa shape index (κ2) is 41.7. The van der Waals surface area contributed by atoms with Gasteiger partial charge in [-0.05, 0) is 50.9 Å². The van der Waals surface area contributed by atoms with Crippen LogP contribution in [0.3, 0.4) is 0 Å². The third-order valence-electron chi connectivity index (χ3n) is 10.5. The molecule has 10 heteroatoms. The Morgan fingerprint density at radius 3 is 1.53 bits per heavy atom. The number of phosphoric ester groups is 1. The molecule has 58 heavy (non-hydrogen) atoms. The van der Waals surface area contributed by atoms with E-state index >= 15 is 0 Å². The summed E-state index contributed by atoms with van der Waals surface area (Å²) in [7, 11) is -4.78. The van der Waals surface area contributed by atoms with Gasteiger partial charge in [-0.3, -0.25) is 14.1 Å². The Bertz CT molecular complexity index is 1110. The number of aliphatic hydroxyl groups is 1. The third-order valence-corrected chi connectivity index (χ3v) is 10.9. The molecule has 0 aromatic heterocycles. The molecule has 9 nitrogen and oxygen atoms in total. The number of carbonyl (C=O) groups is 2. The molecule has 0 aliphatic carbocycles. The second-order valence-electron chi connectivity index (χ2n) is 16.1. The maximum Gasteiger partial charge on any atom is 0.469 e. The zero-order valence-corrected chi connectivity index (χ0v) is 38.1. The van der Waals surface area contributed by atoms with E-state index in [0.717, 1.165) is 63.7 Å². The third kappa shape index (κ3) is 43.5. The van der Waals surface area contributed by atoms with Gasteiger partial charge in [0, 0.05) is 12.8 Å². The van der Waals surface area contributed by atoms with Gasteiger partial charge in [-0.15, -0.1) is 0 Å². The fourth-order valence-electron chi connectivity index (χ4n) is 6.54. The first kappa shape index (κ1) is 56.0. The number of unbranched alkanes of at least 4 members (excludes halogenated alkanes) is 19. The van der Waals surface area contributed by atoms with E-state index in [-0.39, 0.29) is 25.6 Å². The first-order chi connectivity index (χ1) is 28.1. The topological polar surface area (TPSA) is 140 Å². The molecule has 0 bridgehead atoms. The molecule has 1 unspecified atom stereocenters. The predicted octanol–water partition coefficient (Wildman–Crippen LogP) is 13.5. The zero-order chi connectivity index (χ0) is 42.8. The SMILES string of the molecule is CCCC[C@H](O)/C=C\C/C=C\C/C=C\C/C=C\CCCC(=O)OC[C@H](COP(=O)(O)O)OC(=O)CCCCCCCCCCCCCCCCCCCCC(C)CC. The molecule has 0 heterocycles. The number of carbonyl (C=O) groups excluding carboxylic acids is 2. The van der Waals surface area contributed by atoms with E-state index < -0.39 is 32.5 Å². The van der Waals surface area contributed by atoms with Crippen LogP contribution in [0.4, 0.5) is 0 Å². The van der Waals surface area contributed by atoms with Gasteiger partial charge in [0.05, 0.1) is 12.7 Å². The van der Waals surface area contributed by atoms with Crippen LogP contribution in [0.1, 0.15) is 213 Å². The minimum atomic E-state index is -4.78. The molecule has 0 aromatic rings. The number of phosphoric acid groups is 1. The standard InChI is InChI=1S/C48H87O9P/c1-4-6-38-45(49)39-34-30-26-22-18-15-16-19-23-27-31-35-40-47(50)55-42-46(43-56-58(52,53)54)57-48(51)41-36-32-28-24-20-14-12-10-8-7-9-11-13-17-21-25-29-33-37-44(3)5-2/h15-16,22-23,26-27,34,39,44-46,49H,4-14,17-21,24-25,28-33,35-38,40-43H2,1-3H3,(H2,52,53,54)/b16-15-,26-22-,27-23-,39-34-/t44?,45-,46+/m0/s1. The zero-order valence-electron chi connectivity index (χ0n) is 37.2. The molecular formula is C48H87O9P. The van der Waals surface area contributed by atoms with Crippen LogP contribution in [-0.2, 0) is 28.2 Å². The number of hydrogen-bond acceptors (Lipinski definition) is 7. The van der Waals surface area contributed by atoms with Gasteiger partial charge in [-0.25, -0.2) is 4.57 Å². The highest BCUT2D eigenvalue weighted by Gasteiger charge is 2.23. The predicted molar refractivity (Wildman–Crippen MR) is 240 cm³/mol. The van der Waals surface area contributed by atoms with Gasteiger partial charge in [-0.1, -0.05) is 204 Å². The van der Waals surface area contributed by atoms with Gasteiger partial charge in [0.2, 0.25) is 0 Å². The molecule has 0 radical (unpaired) electrons. The molecule has 0 fully saturated rings. The summed E-state index contributed by atoms with van der Waals surface area (Å²) < 4.78 is 26.4. The normalized spacial score (nSPS) is 14.0. The van der Waals surface area contributed by atoms with Crippen LogP contribution in [0.5, 0.6) is 0 Å². The van der Waals surface area contributed by atoms with E-state index in [9.17, 15) is 19.3 Å². The number of hydrogen-bond donors (Lipinski definition) is 3. The second-order valence-corrected chi connectivity index (χ2v) is 17.4. The molecule has 338 valence electrons. The van der Waals surface area contributed by atoms with E-state index in [1.165, 1.54) is 103 Å². The molecule has 3 N–H and O–H groups in total. The van der Waals surface area contributed by atoms with Crippen LogP contribution in [0, 0.1) is 5.92 Å². The molecule has 0 amide bonds. The number of aliphatic hydroxyl groups excluding tert-OH is 1. The van der Waals surface area contributed by atoms with Crippen molar-refractivity contribution in [3.8, 4) is 0 Å². The molecule has 0 rings (SSSR count). The number of esters is 2. The maximum atomic E-state index is 12.5. The fourth-order valence-corrected chi connectivity index (χ4v) is 6.90. The van der Waals surface area contributed by atoms with E-state index in [4.69, 9.17) is 19.3 Å². The Balaban J connectivity index is 3.94. The van der Waals surface area contributed by atoms with Crippen LogP contribution in [0.15, 0.2) is 48.6 Å². The summed E-state index contributed by atoms with van der Waals surface area (Å²) in [5.41, 5.74) is 0. The largest absolute Gasteiger partial charge is 0.469 e. The lowest BCUT2D eigenvalue weighted by Gasteiger charge is -2.18. The van der Waals surface area contributed by atoms with Crippen molar-refractivity contribution in [3.63, 3.8) is 0 Å². The Hall–Kier alpha value is -2.03. The van der Waals surface area contributed by atoms with E-state index in [1.54, 1.807) is 0 Å². The highest BCUT2D eigenvalue weighted by Crippen LogP contribution is 2.36. The van der Waals surface area contributed by atoms with Crippen molar-refractivity contribution in [2.75, 3.05) is 13.2 Å². The van der Waals surface area contributed by atoms with Gasteiger partial charge < -0.3 is 24.4 Å². The lowest BCUT2D eigenvalue weighted by atomic mass is 9.99. The number of allylic oxidation sites excluding steroid dienone is 7. The summed E-state index contributed by atoms with van der Waals surface area (Å²) in [6.45, 7) is 5.89. The average Bonchev–Trinajstić information content (AvgIpc) is 3.19. The van der Waals surface area contributed by atoms with E-state index in [1.807, 2.05) is 24.3 Å². The maximum absolute atomic E-state index is 12.5. The quantitative estimate of drug-likeness (QED) is 0.0237. The Labute approximate surface area is 355 Å². The van der Waals surface area contributed by atoms with Crippen LogP contribution < -0.4 is 0 Å². The van der Waals surface area contributed by atoms with Crippen LogP contribution in [-0.4, -0.2) is 52.3 Å². The fraction of sp³-hybridized carbons (Fsp3) is 0.792. The van der Waals surface area contributed by atoms with Crippen LogP contribution in [0.2, 0.25) is 0 Å². The van der Waals surface area contributed by atoms with Gasteiger partial charge in [-0.2, -0.15) is 0 Å². The highest BCUT2D eigenvalue weighted by atomic mass is 31.2. The summed E-state index contributed by atoms with van der Waals surface area (Å²) in [6, 6.07) is 0. The van der Waals surface area contributed by atoms with Gasteiger partial charge in [0.15, 0.2) is 6.10 Å².